The molecule has 10 heteroatoms. The highest BCUT2D eigenvalue weighted by atomic mass is 32.2. The summed E-state index contributed by atoms with van der Waals surface area (Å²) in [6, 6.07) is 4.92. The number of imidazole rings is 1. The quantitative estimate of drug-likeness (QED) is 0.738. The highest BCUT2D eigenvalue weighted by Gasteiger charge is 2.30. The molecule has 0 radical (unpaired) electrons. The zero-order chi connectivity index (χ0) is 19.4. The lowest BCUT2D eigenvalue weighted by Crippen LogP contribution is -2.50. The number of hydrogen-bond acceptors (Lipinski definition) is 5. The van der Waals surface area contributed by atoms with Crippen LogP contribution in [0.2, 0.25) is 0 Å². The molecule has 1 unspecified atom stereocenters. The molecule has 27 heavy (non-hydrogen) atoms. The van der Waals surface area contributed by atoms with E-state index in [9.17, 15) is 17.6 Å². The van der Waals surface area contributed by atoms with Gasteiger partial charge in [0.15, 0.2) is 0 Å². The number of nitrogens with one attached hydrogen (secondary N) is 2. The van der Waals surface area contributed by atoms with Crippen LogP contribution in [0.25, 0.3) is 0 Å². The molecule has 1 saturated heterocycles. The van der Waals surface area contributed by atoms with E-state index in [1.54, 1.807) is 11.1 Å². The lowest BCUT2D eigenvalue weighted by atomic mass is 10.1. The summed E-state index contributed by atoms with van der Waals surface area (Å²) in [7, 11) is -2.14. The van der Waals surface area contributed by atoms with Crippen LogP contribution in [0.4, 0.5) is 4.39 Å². The molecule has 1 aliphatic heterocycles. The Kier molecular flexibility index (Phi) is 5.88. The van der Waals surface area contributed by atoms with Crippen molar-refractivity contribution in [2.24, 2.45) is 7.05 Å². The van der Waals surface area contributed by atoms with Crippen LogP contribution in [0.3, 0.4) is 0 Å². The first-order valence-electron chi connectivity index (χ1n) is 8.62. The Morgan fingerprint density at radius 2 is 2.19 bits per heavy atom. The van der Waals surface area contributed by atoms with E-state index < -0.39 is 20.7 Å². The molecule has 146 valence electrons. The van der Waals surface area contributed by atoms with Gasteiger partial charge in [0.1, 0.15) is 22.6 Å². The Bertz CT molecular complexity index is 915. The van der Waals surface area contributed by atoms with Gasteiger partial charge in [-0.25, -0.2) is 22.5 Å². The highest BCUT2D eigenvalue weighted by Crippen LogP contribution is 2.21. The van der Waals surface area contributed by atoms with E-state index in [1.807, 2.05) is 17.8 Å². The molecule has 3 rings (SSSR count). The van der Waals surface area contributed by atoms with Crippen molar-refractivity contribution in [2.45, 2.75) is 17.4 Å². The van der Waals surface area contributed by atoms with Crippen LogP contribution in [0.1, 0.15) is 18.3 Å². The van der Waals surface area contributed by atoms with Crippen molar-refractivity contribution in [1.29, 1.82) is 0 Å². The predicted octanol–water partition coefficient (Wildman–Crippen LogP) is 0.401. The summed E-state index contributed by atoms with van der Waals surface area (Å²) in [5.41, 5.74) is 0. The van der Waals surface area contributed by atoms with Crippen molar-refractivity contribution in [2.75, 3.05) is 26.2 Å². The van der Waals surface area contributed by atoms with Gasteiger partial charge in [0.2, 0.25) is 15.9 Å². The molecule has 1 aliphatic rings. The van der Waals surface area contributed by atoms with Crippen LogP contribution < -0.4 is 10.0 Å². The van der Waals surface area contributed by atoms with E-state index in [4.69, 9.17) is 0 Å². The number of sulfonamides is 1. The molecular formula is C17H22FN5O3S. The highest BCUT2D eigenvalue weighted by molar-refractivity contribution is 7.89. The van der Waals surface area contributed by atoms with Gasteiger partial charge in [-0.15, -0.1) is 0 Å². The second kappa shape index (κ2) is 8.15. The summed E-state index contributed by atoms with van der Waals surface area (Å²) in [6.45, 7) is 1.65. The summed E-state index contributed by atoms with van der Waals surface area (Å²) >= 11 is 0. The third-order valence-corrected chi connectivity index (χ3v) is 5.97. The van der Waals surface area contributed by atoms with Crippen molar-refractivity contribution < 1.29 is 17.6 Å². The number of amides is 1. The third-order valence-electron chi connectivity index (χ3n) is 4.48. The standard InChI is InChI=1S/C17H22FN5O3S/c1-22-10-9-20-17(22)14-12-19-8-11-23(14)16(24)6-7-21-27(25,26)15-5-3-2-4-13(15)18/h2-5,9-10,14,19,21H,6-8,11-12H2,1H3. The fourth-order valence-electron chi connectivity index (χ4n) is 3.11. The van der Waals surface area contributed by atoms with Gasteiger partial charge in [-0.05, 0) is 12.1 Å². The average molecular weight is 395 g/mol. The number of aryl methyl sites for hydroxylation is 1. The monoisotopic (exact) mass is 395 g/mol. The molecule has 1 fully saturated rings. The van der Waals surface area contributed by atoms with Crippen molar-refractivity contribution in [3.63, 3.8) is 0 Å². The van der Waals surface area contributed by atoms with Crippen molar-refractivity contribution in [3.05, 3.63) is 48.3 Å². The van der Waals surface area contributed by atoms with E-state index in [0.29, 0.717) is 19.6 Å². The van der Waals surface area contributed by atoms with Gasteiger partial charge in [0.05, 0.1) is 0 Å². The maximum absolute atomic E-state index is 13.7. The molecule has 2 heterocycles. The van der Waals surface area contributed by atoms with Crippen LogP contribution in [-0.4, -0.2) is 55.0 Å². The minimum atomic E-state index is -4.01. The van der Waals surface area contributed by atoms with Crippen molar-refractivity contribution >= 4 is 15.9 Å². The number of aromatic nitrogens is 2. The lowest BCUT2D eigenvalue weighted by Gasteiger charge is -2.35. The lowest BCUT2D eigenvalue weighted by molar-refractivity contribution is -0.134. The maximum Gasteiger partial charge on any atom is 0.243 e. The molecule has 0 bridgehead atoms. The smallest absolute Gasteiger partial charge is 0.243 e. The van der Waals surface area contributed by atoms with Gasteiger partial charge >= 0.3 is 0 Å². The summed E-state index contributed by atoms with van der Waals surface area (Å²) in [4.78, 5) is 18.3. The minimum absolute atomic E-state index is 0.0192. The average Bonchev–Trinajstić information content (AvgIpc) is 3.07. The topological polar surface area (TPSA) is 96.3 Å². The van der Waals surface area contributed by atoms with E-state index in [1.165, 1.54) is 18.2 Å². The Morgan fingerprint density at radius 1 is 1.41 bits per heavy atom. The van der Waals surface area contributed by atoms with E-state index in [0.717, 1.165) is 11.9 Å². The molecule has 0 saturated carbocycles. The normalized spacial score (nSPS) is 17.9. The van der Waals surface area contributed by atoms with Crippen LogP contribution >= 0.6 is 0 Å². The predicted molar refractivity (Wildman–Crippen MR) is 96.7 cm³/mol. The SMILES string of the molecule is Cn1ccnc1C1CNCCN1C(=O)CCNS(=O)(=O)c1ccccc1F. The number of carbonyl (C=O) groups excluding carboxylic acids is 1. The number of piperazine rings is 1. The number of benzene rings is 1. The van der Waals surface area contributed by atoms with Gasteiger partial charge in [0.25, 0.3) is 0 Å². The van der Waals surface area contributed by atoms with Gasteiger partial charge in [-0.2, -0.15) is 0 Å². The number of rotatable bonds is 6. The van der Waals surface area contributed by atoms with E-state index in [-0.39, 0.29) is 24.9 Å². The zero-order valence-corrected chi connectivity index (χ0v) is 15.7. The molecule has 1 aromatic carbocycles. The van der Waals surface area contributed by atoms with Gasteiger partial charge in [-0.1, -0.05) is 12.1 Å². The molecule has 8 nitrogen and oxygen atoms in total. The number of hydrogen-bond donors (Lipinski definition) is 2. The molecule has 1 aromatic heterocycles. The first-order valence-corrected chi connectivity index (χ1v) is 10.1. The second-order valence-electron chi connectivity index (χ2n) is 6.28. The third kappa shape index (κ3) is 4.34. The zero-order valence-electron chi connectivity index (χ0n) is 14.9. The molecule has 0 spiro atoms. The molecule has 1 amide bonds. The molecule has 0 aliphatic carbocycles. The fourth-order valence-corrected chi connectivity index (χ4v) is 4.22. The number of nitrogens with zero attached hydrogens (tertiary/aromatic N) is 3. The Morgan fingerprint density at radius 3 is 2.89 bits per heavy atom. The molecular weight excluding hydrogens is 373 g/mol. The second-order valence-corrected chi connectivity index (χ2v) is 8.02. The molecule has 1 atom stereocenters. The summed E-state index contributed by atoms with van der Waals surface area (Å²) < 4.78 is 42.3. The van der Waals surface area contributed by atoms with Crippen molar-refractivity contribution in [1.82, 2.24) is 24.5 Å². The van der Waals surface area contributed by atoms with Crippen LogP contribution in [-0.2, 0) is 21.9 Å². The summed E-state index contributed by atoms with van der Waals surface area (Å²) in [5.74, 6) is -0.239. The molecule has 2 aromatic rings. The van der Waals surface area contributed by atoms with Crippen LogP contribution in [0.5, 0.6) is 0 Å². The van der Waals surface area contributed by atoms with Gasteiger partial charge in [-0.3, -0.25) is 4.79 Å². The van der Waals surface area contributed by atoms with Crippen LogP contribution in [0.15, 0.2) is 41.6 Å². The summed E-state index contributed by atoms with van der Waals surface area (Å²) in [6.07, 6.45) is 3.47. The van der Waals surface area contributed by atoms with Crippen LogP contribution in [0, 0.1) is 5.82 Å². The Balaban J connectivity index is 1.63. The van der Waals surface area contributed by atoms with Gasteiger partial charge < -0.3 is 14.8 Å². The summed E-state index contributed by atoms with van der Waals surface area (Å²) in [5, 5.41) is 3.24. The number of halogens is 1. The minimum Gasteiger partial charge on any atom is -0.336 e. The van der Waals surface area contributed by atoms with Crippen molar-refractivity contribution in [3.8, 4) is 0 Å². The fraction of sp³-hybridized carbons (Fsp3) is 0.412. The Hall–Kier alpha value is -2.30. The first-order chi connectivity index (χ1) is 12.9. The first kappa shape index (κ1) is 19.5. The number of carbonyl (C=O) groups is 1. The maximum atomic E-state index is 13.7. The molecule has 2 N–H and O–H groups in total. The van der Waals surface area contributed by atoms with Gasteiger partial charge in [0, 0.05) is 52.0 Å². The largest absolute Gasteiger partial charge is 0.336 e. The van der Waals surface area contributed by atoms with E-state index in [2.05, 4.69) is 15.0 Å². The van der Waals surface area contributed by atoms with E-state index >= 15 is 0 Å². The Labute approximate surface area is 157 Å².